The summed E-state index contributed by atoms with van der Waals surface area (Å²) in [6, 6.07) is 0. The molecule has 2 fully saturated rings. The zero-order chi connectivity index (χ0) is 10.9. The molecule has 1 N–H and O–H groups in total. The molecule has 1 aliphatic heterocycles. The van der Waals surface area contributed by atoms with E-state index < -0.39 is 0 Å². The molecule has 0 amide bonds. The van der Waals surface area contributed by atoms with Crippen molar-refractivity contribution in [2.24, 2.45) is 17.3 Å². The first-order chi connectivity index (χ1) is 7.24. The zero-order valence-corrected chi connectivity index (χ0v) is 9.71. The molecule has 3 heteroatoms. The number of rotatable bonds is 2. The van der Waals surface area contributed by atoms with Crippen LogP contribution in [0.1, 0.15) is 32.6 Å². The second kappa shape index (κ2) is 4.12. The molecular formula is C12H21NO2. The van der Waals surface area contributed by atoms with Crippen molar-refractivity contribution in [1.29, 1.82) is 0 Å². The van der Waals surface area contributed by atoms with Gasteiger partial charge in [-0.25, -0.2) is 0 Å². The van der Waals surface area contributed by atoms with Gasteiger partial charge in [0.25, 0.3) is 0 Å². The largest absolute Gasteiger partial charge is 0.469 e. The number of nitrogens with one attached hydrogen (secondary N) is 1. The average molecular weight is 211 g/mol. The SMILES string of the molecule is CCC1CCCC12CNCC2C(=O)OC. The van der Waals surface area contributed by atoms with E-state index in [1.807, 2.05) is 0 Å². The van der Waals surface area contributed by atoms with Crippen molar-refractivity contribution in [2.75, 3.05) is 20.2 Å². The van der Waals surface area contributed by atoms with Crippen molar-refractivity contribution in [2.45, 2.75) is 32.6 Å². The third kappa shape index (κ3) is 1.57. The number of ether oxygens (including phenoxy) is 1. The molecule has 2 aliphatic rings. The Balaban J connectivity index is 2.21. The lowest BCUT2D eigenvalue weighted by Crippen LogP contribution is -2.38. The summed E-state index contributed by atoms with van der Waals surface area (Å²) >= 11 is 0. The summed E-state index contributed by atoms with van der Waals surface area (Å²) in [6.45, 7) is 4.05. The third-order valence-electron chi connectivity index (χ3n) is 4.48. The summed E-state index contributed by atoms with van der Waals surface area (Å²) in [5.74, 6) is 0.784. The Morgan fingerprint density at radius 3 is 3.07 bits per heavy atom. The maximum Gasteiger partial charge on any atom is 0.310 e. The summed E-state index contributed by atoms with van der Waals surface area (Å²) in [5, 5.41) is 3.38. The number of hydrogen-bond donors (Lipinski definition) is 1. The molecule has 15 heavy (non-hydrogen) atoms. The lowest BCUT2D eigenvalue weighted by atomic mass is 9.69. The maximum absolute atomic E-state index is 11.8. The van der Waals surface area contributed by atoms with Gasteiger partial charge in [-0.2, -0.15) is 0 Å². The predicted molar refractivity (Wildman–Crippen MR) is 58.4 cm³/mol. The summed E-state index contributed by atoms with van der Waals surface area (Å²) in [7, 11) is 1.50. The van der Waals surface area contributed by atoms with Crippen molar-refractivity contribution in [3.8, 4) is 0 Å². The van der Waals surface area contributed by atoms with Crippen LogP contribution < -0.4 is 5.32 Å². The van der Waals surface area contributed by atoms with E-state index in [0.717, 1.165) is 13.1 Å². The highest BCUT2D eigenvalue weighted by Crippen LogP contribution is 2.52. The lowest BCUT2D eigenvalue weighted by molar-refractivity contribution is -0.149. The Labute approximate surface area is 91.6 Å². The molecule has 1 aliphatic carbocycles. The average Bonchev–Trinajstić information content (AvgIpc) is 2.85. The third-order valence-corrected chi connectivity index (χ3v) is 4.48. The van der Waals surface area contributed by atoms with Crippen LogP contribution >= 0.6 is 0 Å². The van der Waals surface area contributed by atoms with Crippen LogP contribution in [0.2, 0.25) is 0 Å². The van der Waals surface area contributed by atoms with Crippen molar-refractivity contribution in [3.05, 3.63) is 0 Å². The molecule has 1 heterocycles. The fourth-order valence-corrected chi connectivity index (χ4v) is 3.71. The number of esters is 1. The Bertz CT molecular complexity index is 250. The zero-order valence-electron chi connectivity index (χ0n) is 9.71. The molecule has 86 valence electrons. The molecule has 0 radical (unpaired) electrons. The standard InChI is InChI=1S/C12H21NO2/c1-3-9-5-4-6-12(9)8-13-7-10(12)11(14)15-2/h9-10,13H,3-8H2,1-2H3. The van der Waals surface area contributed by atoms with Gasteiger partial charge in [-0.15, -0.1) is 0 Å². The van der Waals surface area contributed by atoms with Crippen LogP contribution in [-0.2, 0) is 9.53 Å². The summed E-state index contributed by atoms with van der Waals surface area (Å²) < 4.78 is 4.93. The first kappa shape index (κ1) is 10.9. The monoisotopic (exact) mass is 211 g/mol. The van der Waals surface area contributed by atoms with E-state index in [-0.39, 0.29) is 17.3 Å². The van der Waals surface area contributed by atoms with Crippen LogP contribution in [0.15, 0.2) is 0 Å². The van der Waals surface area contributed by atoms with Gasteiger partial charge in [-0.05, 0) is 18.8 Å². The second-order valence-electron chi connectivity index (χ2n) is 4.94. The van der Waals surface area contributed by atoms with Gasteiger partial charge >= 0.3 is 5.97 Å². The molecule has 1 saturated carbocycles. The smallest absolute Gasteiger partial charge is 0.310 e. The van der Waals surface area contributed by atoms with Gasteiger partial charge in [0.1, 0.15) is 0 Å². The van der Waals surface area contributed by atoms with Crippen molar-refractivity contribution in [3.63, 3.8) is 0 Å². The van der Waals surface area contributed by atoms with Crippen molar-refractivity contribution in [1.82, 2.24) is 5.32 Å². The van der Waals surface area contributed by atoms with Crippen LogP contribution in [0.25, 0.3) is 0 Å². The fraction of sp³-hybridized carbons (Fsp3) is 0.917. The van der Waals surface area contributed by atoms with Crippen LogP contribution in [0, 0.1) is 17.3 Å². The molecule has 2 rings (SSSR count). The molecule has 3 nitrogen and oxygen atoms in total. The molecule has 1 spiro atoms. The molecule has 0 aromatic carbocycles. The van der Waals surface area contributed by atoms with Gasteiger partial charge in [0, 0.05) is 18.5 Å². The van der Waals surface area contributed by atoms with Gasteiger partial charge in [0.15, 0.2) is 0 Å². The summed E-state index contributed by atoms with van der Waals surface area (Å²) in [4.78, 5) is 11.8. The second-order valence-corrected chi connectivity index (χ2v) is 4.94. The molecule has 1 saturated heterocycles. The van der Waals surface area contributed by atoms with E-state index in [2.05, 4.69) is 12.2 Å². The number of hydrogen-bond acceptors (Lipinski definition) is 3. The maximum atomic E-state index is 11.8. The Hall–Kier alpha value is -0.570. The number of carbonyl (C=O) groups excluding carboxylic acids is 1. The van der Waals surface area contributed by atoms with E-state index in [9.17, 15) is 4.79 Å². The Morgan fingerprint density at radius 2 is 2.40 bits per heavy atom. The topological polar surface area (TPSA) is 38.3 Å². The molecule has 3 unspecified atom stereocenters. The first-order valence-electron chi connectivity index (χ1n) is 6.03. The molecule has 0 aromatic rings. The highest BCUT2D eigenvalue weighted by molar-refractivity contribution is 5.74. The van der Waals surface area contributed by atoms with Gasteiger partial charge in [-0.3, -0.25) is 4.79 Å². The van der Waals surface area contributed by atoms with Crippen LogP contribution in [-0.4, -0.2) is 26.2 Å². The minimum Gasteiger partial charge on any atom is -0.469 e. The number of methoxy groups -OCH3 is 1. The minimum atomic E-state index is -0.0136. The van der Waals surface area contributed by atoms with E-state index in [1.54, 1.807) is 0 Å². The quantitative estimate of drug-likeness (QED) is 0.705. The Morgan fingerprint density at radius 1 is 1.60 bits per heavy atom. The van der Waals surface area contributed by atoms with E-state index in [4.69, 9.17) is 4.74 Å². The van der Waals surface area contributed by atoms with Gasteiger partial charge < -0.3 is 10.1 Å². The fourth-order valence-electron chi connectivity index (χ4n) is 3.71. The molecule has 3 atom stereocenters. The van der Waals surface area contributed by atoms with Gasteiger partial charge in [0.05, 0.1) is 13.0 Å². The molecular weight excluding hydrogens is 190 g/mol. The van der Waals surface area contributed by atoms with Crippen LogP contribution in [0.5, 0.6) is 0 Å². The summed E-state index contributed by atoms with van der Waals surface area (Å²) in [5.41, 5.74) is 0.210. The number of carbonyl (C=O) groups is 1. The normalized spacial score (nSPS) is 39.9. The van der Waals surface area contributed by atoms with Crippen LogP contribution in [0.4, 0.5) is 0 Å². The Kier molecular flexibility index (Phi) is 3.01. The minimum absolute atomic E-state index is 0.0136. The van der Waals surface area contributed by atoms with E-state index in [0.29, 0.717) is 5.92 Å². The van der Waals surface area contributed by atoms with Crippen LogP contribution in [0.3, 0.4) is 0 Å². The molecule has 0 bridgehead atoms. The van der Waals surface area contributed by atoms with E-state index >= 15 is 0 Å². The highest BCUT2D eigenvalue weighted by atomic mass is 16.5. The van der Waals surface area contributed by atoms with Crippen molar-refractivity contribution >= 4 is 5.97 Å². The lowest BCUT2D eigenvalue weighted by Gasteiger charge is -2.34. The van der Waals surface area contributed by atoms with Crippen molar-refractivity contribution < 1.29 is 9.53 Å². The first-order valence-corrected chi connectivity index (χ1v) is 6.03. The van der Waals surface area contributed by atoms with Gasteiger partial charge in [-0.1, -0.05) is 19.8 Å². The molecule has 0 aromatic heterocycles. The highest BCUT2D eigenvalue weighted by Gasteiger charge is 2.53. The van der Waals surface area contributed by atoms with E-state index in [1.165, 1.54) is 32.8 Å². The summed E-state index contributed by atoms with van der Waals surface area (Å²) in [6.07, 6.45) is 4.94. The predicted octanol–water partition coefficient (Wildman–Crippen LogP) is 1.58. The van der Waals surface area contributed by atoms with Gasteiger partial charge in [0.2, 0.25) is 0 Å².